The van der Waals surface area contributed by atoms with Crippen LogP contribution in [0.3, 0.4) is 0 Å². The molecule has 2 aromatic heterocycles. The Bertz CT molecular complexity index is 3710. The van der Waals surface area contributed by atoms with E-state index in [4.69, 9.17) is 11.6 Å². The lowest BCUT2D eigenvalue weighted by Gasteiger charge is -2.19. The molecule has 0 bridgehead atoms. The van der Waals surface area contributed by atoms with Gasteiger partial charge in [-0.1, -0.05) is 140 Å². The van der Waals surface area contributed by atoms with Gasteiger partial charge < -0.3 is 0 Å². The summed E-state index contributed by atoms with van der Waals surface area (Å²) < 4.78 is 2.21. The van der Waals surface area contributed by atoms with E-state index in [1.807, 2.05) is 18.2 Å². The molecule has 0 amide bonds. The fourth-order valence-electron chi connectivity index (χ4n) is 9.26. The standard InChI is InChI=1S/C54H31N3/c1-55-41-24-27-42-47-30-37(23-26-46(47)54-56-49-16-8-9-17-50(49)57(54)51(42)32-41)38-22-25-45-48(31-38)53(40-21-19-34-11-3-5-13-36(34)29-40)44-15-7-6-14-43(44)52(45)39-20-18-33-10-2-4-12-35(33)28-39/h2-32H. The van der Waals surface area contributed by atoms with E-state index in [9.17, 15) is 0 Å². The van der Waals surface area contributed by atoms with Gasteiger partial charge in [-0.15, -0.1) is 0 Å². The quantitative estimate of drug-likeness (QED) is 0.101. The number of aromatic nitrogens is 2. The summed E-state index contributed by atoms with van der Waals surface area (Å²) in [6.45, 7) is 7.80. The third kappa shape index (κ3) is 4.75. The average molecular weight is 722 g/mol. The van der Waals surface area contributed by atoms with Gasteiger partial charge in [-0.2, -0.15) is 0 Å². The third-order valence-corrected chi connectivity index (χ3v) is 11.9. The van der Waals surface area contributed by atoms with Crippen molar-refractivity contribution in [2.45, 2.75) is 0 Å². The van der Waals surface area contributed by atoms with Crippen LogP contribution >= 0.6 is 0 Å². The zero-order valence-corrected chi connectivity index (χ0v) is 30.7. The molecule has 0 aliphatic rings. The van der Waals surface area contributed by atoms with Crippen LogP contribution in [0.4, 0.5) is 5.69 Å². The second kappa shape index (κ2) is 12.1. The first-order valence-electron chi connectivity index (χ1n) is 19.3. The van der Waals surface area contributed by atoms with Gasteiger partial charge in [0.15, 0.2) is 5.69 Å². The van der Waals surface area contributed by atoms with Crippen LogP contribution in [0.2, 0.25) is 0 Å². The smallest absolute Gasteiger partial charge is 0.189 e. The van der Waals surface area contributed by atoms with Gasteiger partial charge in [0.25, 0.3) is 0 Å². The third-order valence-electron chi connectivity index (χ3n) is 11.9. The summed E-state index contributed by atoms with van der Waals surface area (Å²) in [4.78, 5) is 8.93. The molecule has 0 unspecified atom stereocenters. The number of benzene rings is 10. The van der Waals surface area contributed by atoms with Crippen molar-refractivity contribution in [3.05, 3.63) is 199 Å². The number of pyridine rings is 1. The molecular formula is C54H31N3. The predicted molar refractivity (Wildman–Crippen MR) is 240 cm³/mol. The van der Waals surface area contributed by atoms with E-state index in [-0.39, 0.29) is 0 Å². The van der Waals surface area contributed by atoms with Crippen molar-refractivity contribution in [2.75, 3.05) is 0 Å². The number of rotatable bonds is 3. The van der Waals surface area contributed by atoms with Crippen LogP contribution in [-0.2, 0) is 0 Å². The fourth-order valence-corrected chi connectivity index (χ4v) is 9.26. The number of fused-ring (bicyclic) bond motifs is 12. The Morgan fingerprint density at radius 1 is 0.368 bits per heavy atom. The van der Waals surface area contributed by atoms with Crippen LogP contribution in [-0.4, -0.2) is 9.38 Å². The first kappa shape index (κ1) is 31.5. The monoisotopic (exact) mass is 721 g/mol. The summed E-state index contributed by atoms with van der Waals surface area (Å²) in [5.74, 6) is 0. The van der Waals surface area contributed by atoms with Gasteiger partial charge in [-0.25, -0.2) is 9.83 Å². The number of hydrogen-bond acceptors (Lipinski definition) is 1. The molecule has 0 N–H and O–H groups in total. The van der Waals surface area contributed by atoms with E-state index < -0.39 is 0 Å². The predicted octanol–water partition coefficient (Wildman–Crippen LogP) is 15.0. The lowest BCUT2D eigenvalue weighted by molar-refractivity contribution is 1.32. The SMILES string of the molecule is [C-]#[N+]c1ccc2c3cc(-c4ccc5c(-c6ccc7ccccc7c6)c6ccccc6c(-c6ccc7ccccc7c6)c5c4)ccc3c3nc4ccccc4n3c2c1. The van der Waals surface area contributed by atoms with Crippen LogP contribution in [0.25, 0.3) is 120 Å². The van der Waals surface area contributed by atoms with Crippen molar-refractivity contribution in [3.8, 4) is 33.4 Å². The number of para-hydroxylation sites is 2. The molecule has 0 fully saturated rings. The van der Waals surface area contributed by atoms with E-state index in [1.165, 1.54) is 65.3 Å². The summed E-state index contributed by atoms with van der Waals surface area (Å²) in [7, 11) is 0. The fraction of sp³-hybridized carbons (Fsp3) is 0. The van der Waals surface area contributed by atoms with Crippen LogP contribution in [0.1, 0.15) is 0 Å². The van der Waals surface area contributed by atoms with Crippen molar-refractivity contribution >= 4 is 87.1 Å². The second-order valence-electron chi connectivity index (χ2n) is 15.0. The molecule has 0 aliphatic heterocycles. The zero-order valence-electron chi connectivity index (χ0n) is 30.7. The molecule has 10 aromatic carbocycles. The van der Waals surface area contributed by atoms with Gasteiger partial charge in [-0.05, 0) is 130 Å². The van der Waals surface area contributed by atoms with Gasteiger partial charge in [0.1, 0.15) is 5.65 Å². The lowest BCUT2D eigenvalue weighted by atomic mass is 9.84. The number of nitrogens with zero attached hydrogens (tertiary/aromatic N) is 3. The maximum absolute atomic E-state index is 7.80. The molecular weight excluding hydrogens is 691 g/mol. The molecule has 3 heteroatoms. The molecule has 0 radical (unpaired) electrons. The highest BCUT2D eigenvalue weighted by atomic mass is 15.0. The largest absolute Gasteiger partial charge is 0.293 e. The van der Waals surface area contributed by atoms with Crippen LogP contribution in [0, 0.1) is 6.57 Å². The van der Waals surface area contributed by atoms with Crippen molar-refractivity contribution in [3.63, 3.8) is 0 Å². The van der Waals surface area contributed by atoms with Gasteiger partial charge in [0.2, 0.25) is 0 Å². The Kier molecular flexibility index (Phi) is 6.70. The summed E-state index contributed by atoms with van der Waals surface area (Å²) in [6, 6.07) is 68.0. The van der Waals surface area contributed by atoms with Gasteiger partial charge in [0.05, 0.1) is 17.6 Å². The topological polar surface area (TPSA) is 21.7 Å². The first-order valence-corrected chi connectivity index (χ1v) is 19.3. The summed E-state index contributed by atoms with van der Waals surface area (Å²) in [5, 5.41) is 13.1. The molecule has 0 atom stereocenters. The Hall–Kier alpha value is -7.80. The van der Waals surface area contributed by atoms with E-state index in [1.54, 1.807) is 0 Å². The van der Waals surface area contributed by atoms with Gasteiger partial charge in [0, 0.05) is 16.3 Å². The first-order chi connectivity index (χ1) is 28.2. The maximum atomic E-state index is 7.80. The van der Waals surface area contributed by atoms with E-state index in [0.717, 1.165) is 49.5 Å². The Morgan fingerprint density at radius 2 is 0.895 bits per heavy atom. The Labute approximate surface area is 328 Å². The van der Waals surface area contributed by atoms with Crippen molar-refractivity contribution in [2.24, 2.45) is 0 Å². The zero-order chi connectivity index (χ0) is 37.6. The number of hydrogen-bond donors (Lipinski definition) is 0. The van der Waals surface area contributed by atoms with Crippen LogP contribution in [0.15, 0.2) is 188 Å². The molecule has 0 saturated carbocycles. The Balaban J connectivity index is 1.16. The normalized spacial score (nSPS) is 11.8. The van der Waals surface area contributed by atoms with Crippen molar-refractivity contribution in [1.29, 1.82) is 0 Å². The minimum absolute atomic E-state index is 0.613. The lowest BCUT2D eigenvalue weighted by Crippen LogP contribution is -1.93. The molecule has 57 heavy (non-hydrogen) atoms. The summed E-state index contributed by atoms with van der Waals surface area (Å²) in [6.07, 6.45) is 0. The highest BCUT2D eigenvalue weighted by Gasteiger charge is 2.20. The Morgan fingerprint density at radius 3 is 1.58 bits per heavy atom. The van der Waals surface area contributed by atoms with E-state index in [0.29, 0.717) is 5.69 Å². The number of imidazole rings is 1. The van der Waals surface area contributed by atoms with Gasteiger partial charge >= 0.3 is 0 Å². The van der Waals surface area contributed by atoms with Crippen LogP contribution in [0.5, 0.6) is 0 Å². The molecule has 2 heterocycles. The average Bonchev–Trinajstić information content (AvgIpc) is 3.67. The summed E-state index contributed by atoms with van der Waals surface area (Å²) in [5.41, 5.74) is 11.6. The minimum atomic E-state index is 0.613. The molecule has 0 spiro atoms. The molecule has 262 valence electrons. The molecule has 0 aliphatic carbocycles. The van der Waals surface area contributed by atoms with Crippen molar-refractivity contribution < 1.29 is 0 Å². The van der Waals surface area contributed by atoms with Gasteiger partial charge in [-0.3, -0.25) is 4.40 Å². The highest BCUT2D eigenvalue weighted by Crippen LogP contribution is 2.46. The maximum Gasteiger partial charge on any atom is 0.189 e. The van der Waals surface area contributed by atoms with E-state index >= 15 is 0 Å². The minimum Gasteiger partial charge on any atom is -0.293 e. The van der Waals surface area contributed by atoms with Crippen molar-refractivity contribution in [1.82, 2.24) is 9.38 Å². The van der Waals surface area contributed by atoms with Crippen LogP contribution < -0.4 is 0 Å². The van der Waals surface area contributed by atoms with E-state index in [2.05, 4.69) is 179 Å². The summed E-state index contributed by atoms with van der Waals surface area (Å²) >= 11 is 0. The molecule has 0 saturated heterocycles. The molecule has 12 rings (SSSR count). The molecule has 3 nitrogen and oxygen atoms in total. The highest BCUT2D eigenvalue weighted by molar-refractivity contribution is 6.23. The molecule has 12 aromatic rings. The second-order valence-corrected chi connectivity index (χ2v) is 15.0.